The third-order valence-corrected chi connectivity index (χ3v) is 4.18. The van der Waals surface area contributed by atoms with Crippen molar-refractivity contribution in [3.63, 3.8) is 0 Å². The molecule has 2 nitrogen and oxygen atoms in total. The molecule has 1 fully saturated rings. The molecule has 2 N–H and O–H groups in total. The molecule has 0 bridgehead atoms. The second-order valence-electron chi connectivity index (χ2n) is 5.54. The van der Waals surface area contributed by atoms with E-state index in [1.165, 1.54) is 36.8 Å². The van der Waals surface area contributed by atoms with Crippen molar-refractivity contribution in [3.05, 3.63) is 35.4 Å². The molecule has 1 unspecified atom stereocenters. The zero-order valence-electron chi connectivity index (χ0n) is 11.7. The van der Waals surface area contributed by atoms with Crippen LogP contribution in [0.15, 0.2) is 24.3 Å². The Bertz CT molecular complexity index is 352. The van der Waals surface area contributed by atoms with Gasteiger partial charge in [0.15, 0.2) is 0 Å². The summed E-state index contributed by atoms with van der Waals surface area (Å²) >= 11 is 0. The van der Waals surface area contributed by atoms with Gasteiger partial charge in [-0.3, -0.25) is 4.90 Å². The van der Waals surface area contributed by atoms with Crippen LogP contribution in [0.25, 0.3) is 0 Å². The van der Waals surface area contributed by atoms with E-state index in [1.54, 1.807) is 0 Å². The lowest BCUT2D eigenvalue weighted by Gasteiger charge is -2.30. The molecule has 0 spiro atoms. The van der Waals surface area contributed by atoms with Gasteiger partial charge in [0.25, 0.3) is 0 Å². The molecule has 18 heavy (non-hydrogen) atoms. The number of hydrogen-bond acceptors (Lipinski definition) is 2. The van der Waals surface area contributed by atoms with Crippen molar-refractivity contribution >= 4 is 0 Å². The molecule has 1 atom stereocenters. The molecule has 0 heterocycles. The van der Waals surface area contributed by atoms with Gasteiger partial charge in [-0.2, -0.15) is 0 Å². The van der Waals surface area contributed by atoms with Gasteiger partial charge in [0.2, 0.25) is 0 Å². The number of likely N-dealkylation sites (N-methyl/N-ethyl adjacent to an activating group) is 1. The van der Waals surface area contributed by atoms with Gasteiger partial charge in [-0.15, -0.1) is 0 Å². The van der Waals surface area contributed by atoms with Gasteiger partial charge in [0.1, 0.15) is 0 Å². The minimum Gasteiger partial charge on any atom is -0.323 e. The molecule has 2 heteroatoms. The molecule has 1 aromatic rings. The highest BCUT2D eigenvalue weighted by molar-refractivity contribution is 5.24. The molecule has 1 aliphatic rings. The fourth-order valence-corrected chi connectivity index (χ4v) is 2.98. The maximum Gasteiger partial charge on any atom is 0.0424 e. The van der Waals surface area contributed by atoms with Gasteiger partial charge >= 0.3 is 0 Å². The predicted octanol–water partition coefficient (Wildman–Crippen LogP) is 3.26. The Hall–Kier alpha value is -0.860. The second kappa shape index (κ2) is 6.35. The quantitative estimate of drug-likeness (QED) is 0.864. The Morgan fingerprint density at radius 3 is 2.39 bits per heavy atom. The number of hydrogen-bond donors (Lipinski definition) is 1. The van der Waals surface area contributed by atoms with E-state index in [4.69, 9.17) is 5.73 Å². The minimum absolute atomic E-state index is 0.145. The summed E-state index contributed by atoms with van der Waals surface area (Å²) in [7, 11) is 0. The van der Waals surface area contributed by atoms with E-state index in [9.17, 15) is 0 Å². The van der Waals surface area contributed by atoms with Crippen LogP contribution >= 0.6 is 0 Å². The summed E-state index contributed by atoms with van der Waals surface area (Å²) in [5.74, 6) is 0. The van der Waals surface area contributed by atoms with E-state index in [0.717, 1.165) is 19.1 Å². The number of benzene rings is 1. The Labute approximate surface area is 111 Å². The molecule has 0 aliphatic heterocycles. The smallest absolute Gasteiger partial charge is 0.0424 e. The van der Waals surface area contributed by atoms with Gasteiger partial charge in [-0.05, 0) is 31.9 Å². The number of aryl methyl sites for hydroxylation is 1. The molecule has 0 radical (unpaired) electrons. The summed E-state index contributed by atoms with van der Waals surface area (Å²) in [5.41, 5.74) is 8.91. The Kier molecular flexibility index (Phi) is 4.79. The van der Waals surface area contributed by atoms with Crippen LogP contribution in [0.3, 0.4) is 0 Å². The van der Waals surface area contributed by atoms with Crippen molar-refractivity contribution < 1.29 is 0 Å². The van der Waals surface area contributed by atoms with E-state index >= 15 is 0 Å². The van der Waals surface area contributed by atoms with Crippen LogP contribution in [0.4, 0.5) is 0 Å². The van der Waals surface area contributed by atoms with Crippen molar-refractivity contribution in [2.24, 2.45) is 5.73 Å². The van der Waals surface area contributed by atoms with Crippen LogP contribution in [-0.2, 0) is 0 Å². The minimum atomic E-state index is 0.145. The summed E-state index contributed by atoms with van der Waals surface area (Å²) in [6, 6.07) is 9.56. The largest absolute Gasteiger partial charge is 0.323 e. The molecule has 100 valence electrons. The van der Waals surface area contributed by atoms with E-state index < -0.39 is 0 Å². The maximum absolute atomic E-state index is 6.35. The highest BCUT2D eigenvalue weighted by atomic mass is 15.2. The maximum atomic E-state index is 6.35. The van der Waals surface area contributed by atoms with Crippen molar-refractivity contribution in [2.45, 2.75) is 51.6 Å². The zero-order valence-corrected chi connectivity index (χ0v) is 11.7. The average molecular weight is 246 g/mol. The van der Waals surface area contributed by atoms with Crippen molar-refractivity contribution in [1.29, 1.82) is 0 Å². The third-order valence-electron chi connectivity index (χ3n) is 4.18. The second-order valence-corrected chi connectivity index (χ2v) is 5.54. The number of nitrogens with two attached hydrogens (primary N) is 1. The SMILES string of the molecule is CCN(CC(N)c1ccc(C)cc1)C1CCCC1. The molecule has 1 aliphatic carbocycles. The van der Waals surface area contributed by atoms with Gasteiger partial charge in [-0.25, -0.2) is 0 Å². The Balaban J connectivity index is 1.96. The first kappa shape index (κ1) is 13.6. The monoisotopic (exact) mass is 246 g/mol. The van der Waals surface area contributed by atoms with Crippen LogP contribution in [0, 0.1) is 6.92 Å². The molecule has 0 aromatic heterocycles. The average Bonchev–Trinajstić information content (AvgIpc) is 2.90. The summed E-state index contributed by atoms with van der Waals surface area (Å²) in [6.45, 7) is 6.47. The van der Waals surface area contributed by atoms with Gasteiger partial charge in [0.05, 0.1) is 0 Å². The summed E-state index contributed by atoms with van der Waals surface area (Å²) in [6.07, 6.45) is 5.49. The van der Waals surface area contributed by atoms with Gasteiger partial charge in [0, 0.05) is 18.6 Å². The molecule has 0 amide bonds. The van der Waals surface area contributed by atoms with Gasteiger partial charge < -0.3 is 5.73 Å². The lowest BCUT2D eigenvalue weighted by atomic mass is 10.0. The number of nitrogens with zero attached hydrogens (tertiary/aromatic N) is 1. The van der Waals surface area contributed by atoms with E-state index in [2.05, 4.69) is 43.0 Å². The van der Waals surface area contributed by atoms with E-state index in [0.29, 0.717) is 0 Å². The number of rotatable bonds is 5. The normalized spacial score (nSPS) is 18.4. The van der Waals surface area contributed by atoms with Crippen LogP contribution in [0.5, 0.6) is 0 Å². The lowest BCUT2D eigenvalue weighted by molar-refractivity contribution is 0.197. The van der Waals surface area contributed by atoms with E-state index in [1.807, 2.05) is 0 Å². The molecular formula is C16H26N2. The summed E-state index contributed by atoms with van der Waals surface area (Å²) in [5, 5.41) is 0. The van der Waals surface area contributed by atoms with E-state index in [-0.39, 0.29) is 6.04 Å². The standard InChI is InChI=1S/C16H26N2/c1-3-18(15-6-4-5-7-15)12-16(17)14-10-8-13(2)9-11-14/h8-11,15-16H,3-7,12,17H2,1-2H3. The molecule has 0 saturated heterocycles. The first-order valence-electron chi connectivity index (χ1n) is 7.27. The van der Waals surface area contributed by atoms with Crippen molar-refractivity contribution in [1.82, 2.24) is 4.90 Å². The fourth-order valence-electron chi connectivity index (χ4n) is 2.98. The third kappa shape index (κ3) is 3.33. The summed E-state index contributed by atoms with van der Waals surface area (Å²) < 4.78 is 0. The van der Waals surface area contributed by atoms with Crippen LogP contribution in [0.1, 0.15) is 49.8 Å². The molecule has 2 rings (SSSR count). The highest BCUT2D eigenvalue weighted by Gasteiger charge is 2.23. The highest BCUT2D eigenvalue weighted by Crippen LogP contribution is 2.25. The topological polar surface area (TPSA) is 29.3 Å². The fraction of sp³-hybridized carbons (Fsp3) is 0.625. The van der Waals surface area contributed by atoms with Crippen molar-refractivity contribution in [2.75, 3.05) is 13.1 Å². The Morgan fingerprint density at radius 1 is 1.22 bits per heavy atom. The van der Waals surface area contributed by atoms with Crippen LogP contribution in [0.2, 0.25) is 0 Å². The lowest BCUT2D eigenvalue weighted by Crippen LogP contribution is -2.38. The first-order chi connectivity index (χ1) is 8.70. The first-order valence-corrected chi connectivity index (χ1v) is 7.27. The Morgan fingerprint density at radius 2 is 1.83 bits per heavy atom. The molecular weight excluding hydrogens is 220 g/mol. The van der Waals surface area contributed by atoms with Crippen molar-refractivity contribution in [3.8, 4) is 0 Å². The van der Waals surface area contributed by atoms with Crippen LogP contribution in [-0.4, -0.2) is 24.0 Å². The summed E-state index contributed by atoms with van der Waals surface area (Å²) in [4.78, 5) is 2.57. The molecule has 1 aromatic carbocycles. The van der Waals surface area contributed by atoms with Crippen LogP contribution < -0.4 is 5.73 Å². The molecule has 1 saturated carbocycles. The zero-order chi connectivity index (χ0) is 13.0. The predicted molar refractivity (Wildman–Crippen MR) is 77.6 cm³/mol. The van der Waals surface area contributed by atoms with Gasteiger partial charge in [-0.1, -0.05) is 49.6 Å².